The molecule has 0 unspecified atom stereocenters. The fraction of sp³-hybridized carbons (Fsp3) is 0.391. The molecule has 0 aliphatic carbocycles. The number of amides is 3. The summed E-state index contributed by atoms with van der Waals surface area (Å²) in [5.74, 6) is -0.629. The average Bonchev–Trinajstić information content (AvgIpc) is 2.73. The molecule has 3 N–H and O–H groups in total. The van der Waals surface area contributed by atoms with Gasteiger partial charge in [-0.2, -0.15) is 0 Å². The maximum absolute atomic E-state index is 13.3. The van der Waals surface area contributed by atoms with Crippen LogP contribution in [0.5, 0.6) is 0 Å². The van der Waals surface area contributed by atoms with Gasteiger partial charge in [-0.15, -0.1) is 0 Å². The Kier molecular flexibility index (Phi) is 6.43. The molecule has 2 aromatic carbocycles. The first-order valence-corrected chi connectivity index (χ1v) is 10.3. The van der Waals surface area contributed by atoms with Crippen molar-refractivity contribution in [2.45, 2.75) is 33.4 Å². The number of benzene rings is 2. The molecule has 1 aliphatic heterocycles. The first-order valence-electron chi connectivity index (χ1n) is 10.3. The van der Waals surface area contributed by atoms with Crippen LogP contribution in [-0.2, 0) is 10.5 Å². The Morgan fingerprint density at radius 3 is 2.50 bits per heavy atom. The normalized spacial score (nSPS) is 18.2. The zero-order chi connectivity index (χ0) is 21.9. The number of likely N-dealkylation sites (N-methyl/N-ethyl adjacent to an activating group) is 1. The van der Waals surface area contributed by atoms with Crippen LogP contribution in [0.2, 0.25) is 0 Å². The molecule has 3 amide bonds. The molecule has 1 heterocycles. The number of rotatable bonds is 7. The first kappa shape index (κ1) is 21.8. The lowest BCUT2D eigenvalue weighted by Crippen LogP contribution is -2.63. The number of aliphatic hydroxyl groups is 1. The molecule has 0 aromatic heterocycles. The second-order valence-corrected chi connectivity index (χ2v) is 7.53. The molecular formula is C23H30N4O3. The molecule has 1 atom stereocenters. The van der Waals surface area contributed by atoms with Crippen molar-refractivity contribution in [3.8, 4) is 0 Å². The molecule has 0 saturated carbocycles. The summed E-state index contributed by atoms with van der Waals surface area (Å²) in [4.78, 5) is 29.6. The zero-order valence-corrected chi connectivity index (χ0v) is 18.0. The van der Waals surface area contributed by atoms with Crippen molar-refractivity contribution in [2.24, 2.45) is 0 Å². The van der Waals surface area contributed by atoms with Crippen LogP contribution in [0.15, 0.2) is 42.5 Å². The Hall–Kier alpha value is -2.90. The number of para-hydroxylation sites is 1. The van der Waals surface area contributed by atoms with Gasteiger partial charge in [0.25, 0.3) is 11.6 Å². The van der Waals surface area contributed by atoms with E-state index in [-0.39, 0.29) is 0 Å². The molecule has 1 aliphatic rings. The van der Waals surface area contributed by atoms with Crippen LogP contribution in [0.1, 0.15) is 30.5 Å². The van der Waals surface area contributed by atoms with Crippen molar-refractivity contribution < 1.29 is 14.7 Å². The minimum Gasteiger partial charge on any atom is -0.359 e. The van der Waals surface area contributed by atoms with Crippen LogP contribution >= 0.6 is 0 Å². The molecule has 7 nitrogen and oxygen atoms in total. The summed E-state index contributed by atoms with van der Waals surface area (Å²) in [7, 11) is 0. The van der Waals surface area contributed by atoms with Crippen LogP contribution in [0.4, 0.5) is 16.2 Å². The molecule has 160 valence electrons. The van der Waals surface area contributed by atoms with Gasteiger partial charge in [0.2, 0.25) is 0 Å². The SMILES string of the molecule is CCN(CC)CCNC(=O)[C@]1(O)c2ccccc2NC(=O)N1c1ccc(C)c(C)c1. The van der Waals surface area contributed by atoms with E-state index in [0.29, 0.717) is 30.0 Å². The summed E-state index contributed by atoms with van der Waals surface area (Å²) >= 11 is 0. The van der Waals surface area contributed by atoms with Crippen molar-refractivity contribution in [2.75, 3.05) is 36.4 Å². The van der Waals surface area contributed by atoms with Gasteiger partial charge >= 0.3 is 6.03 Å². The molecule has 0 spiro atoms. The monoisotopic (exact) mass is 410 g/mol. The smallest absolute Gasteiger partial charge is 0.329 e. The number of hydrogen-bond acceptors (Lipinski definition) is 4. The summed E-state index contributed by atoms with van der Waals surface area (Å²) in [6.45, 7) is 10.8. The van der Waals surface area contributed by atoms with Crippen molar-refractivity contribution in [1.29, 1.82) is 0 Å². The van der Waals surface area contributed by atoms with E-state index >= 15 is 0 Å². The fourth-order valence-corrected chi connectivity index (χ4v) is 3.72. The van der Waals surface area contributed by atoms with E-state index < -0.39 is 17.7 Å². The third-order valence-electron chi connectivity index (χ3n) is 5.74. The van der Waals surface area contributed by atoms with Crippen molar-refractivity contribution in [3.63, 3.8) is 0 Å². The highest BCUT2D eigenvalue weighted by molar-refractivity contribution is 6.11. The van der Waals surface area contributed by atoms with E-state index in [1.165, 1.54) is 0 Å². The van der Waals surface area contributed by atoms with E-state index in [4.69, 9.17) is 0 Å². The van der Waals surface area contributed by atoms with Crippen molar-refractivity contribution >= 4 is 23.3 Å². The van der Waals surface area contributed by atoms with Gasteiger partial charge in [0, 0.05) is 24.3 Å². The fourth-order valence-electron chi connectivity index (χ4n) is 3.72. The second kappa shape index (κ2) is 8.85. The molecule has 30 heavy (non-hydrogen) atoms. The van der Waals surface area contributed by atoms with Crippen LogP contribution in [0.3, 0.4) is 0 Å². The summed E-state index contributed by atoms with van der Waals surface area (Å²) in [5.41, 5.74) is 1.06. The second-order valence-electron chi connectivity index (χ2n) is 7.53. The number of anilines is 2. The number of nitrogens with zero attached hydrogens (tertiary/aromatic N) is 2. The number of nitrogens with one attached hydrogen (secondary N) is 2. The van der Waals surface area contributed by atoms with Gasteiger partial charge < -0.3 is 20.6 Å². The number of carbonyl (C=O) groups is 2. The summed E-state index contributed by atoms with van der Waals surface area (Å²) in [5, 5.41) is 17.4. The Bertz CT molecular complexity index is 942. The third-order valence-corrected chi connectivity index (χ3v) is 5.74. The summed E-state index contributed by atoms with van der Waals surface area (Å²) in [6, 6.07) is 11.7. The topological polar surface area (TPSA) is 84.9 Å². The minimum atomic E-state index is -2.16. The van der Waals surface area contributed by atoms with E-state index in [9.17, 15) is 14.7 Å². The predicted octanol–water partition coefficient (Wildman–Crippen LogP) is 2.96. The van der Waals surface area contributed by atoms with E-state index in [2.05, 4.69) is 29.4 Å². The molecule has 0 bridgehead atoms. The molecule has 2 aromatic rings. The minimum absolute atomic E-state index is 0.336. The molecule has 0 radical (unpaired) electrons. The van der Waals surface area contributed by atoms with Crippen LogP contribution in [0.25, 0.3) is 0 Å². The van der Waals surface area contributed by atoms with Gasteiger partial charge in [-0.25, -0.2) is 4.79 Å². The molecule has 7 heteroatoms. The van der Waals surface area contributed by atoms with Crippen LogP contribution < -0.4 is 15.5 Å². The number of aryl methyl sites for hydroxylation is 2. The van der Waals surface area contributed by atoms with E-state index in [1.807, 2.05) is 19.9 Å². The van der Waals surface area contributed by atoms with E-state index in [1.54, 1.807) is 36.4 Å². The Labute approximate surface area is 177 Å². The van der Waals surface area contributed by atoms with Gasteiger partial charge in [0.05, 0.1) is 5.69 Å². The Morgan fingerprint density at radius 2 is 1.83 bits per heavy atom. The number of urea groups is 1. The Balaban J connectivity index is 2.01. The largest absolute Gasteiger partial charge is 0.359 e. The van der Waals surface area contributed by atoms with E-state index in [0.717, 1.165) is 29.1 Å². The number of carbonyl (C=O) groups excluding carboxylic acids is 2. The highest BCUT2D eigenvalue weighted by Crippen LogP contribution is 2.40. The van der Waals surface area contributed by atoms with Gasteiger partial charge in [-0.05, 0) is 56.3 Å². The summed E-state index contributed by atoms with van der Waals surface area (Å²) in [6.07, 6.45) is 0. The van der Waals surface area contributed by atoms with Crippen LogP contribution in [0, 0.1) is 13.8 Å². The average molecular weight is 411 g/mol. The lowest BCUT2D eigenvalue weighted by atomic mass is 9.94. The third kappa shape index (κ3) is 3.91. The maximum atomic E-state index is 13.3. The molecule has 0 fully saturated rings. The predicted molar refractivity (Wildman–Crippen MR) is 119 cm³/mol. The lowest BCUT2D eigenvalue weighted by molar-refractivity contribution is -0.140. The highest BCUT2D eigenvalue weighted by Gasteiger charge is 2.51. The van der Waals surface area contributed by atoms with Gasteiger partial charge in [0.1, 0.15) is 0 Å². The highest BCUT2D eigenvalue weighted by atomic mass is 16.3. The molecular weight excluding hydrogens is 380 g/mol. The maximum Gasteiger partial charge on any atom is 0.329 e. The van der Waals surface area contributed by atoms with Gasteiger partial charge in [-0.1, -0.05) is 38.1 Å². The van der Waals surface area contributed by atoms with Crippen molar-refractivity contribution in [3.05, 3.63) is 59.2 Å². The lowest BCUT2D eigenvalue weighted by Gasteiger charge is -2.42. The Morgan fingerprint density at radius 1 is 1.13 bits per heavy atom. The quantitative estimate of drug-likeness (QED) is 0.655. The first-order chi connectivity index (χ1) is 14.3. The van der Waals surface area contributed by atoms with Gasteiger partial charge in [-0.3, -0.25) is 9.69 Å². The van der Waals surface area contributed by atoms with Gasteiger partial charge in [0.15, 0.2) is 0 Å². The molecule has 3 rings (SSSR count). The molecule has 0 saturated heterocycles. The van der Waals surface area contributed by atoms with Crippen LogP contribution in [-0.4, -0.2) is 48.1 Å². The number of hydrogen-bond donors (Lipinski definition) is 3. The zero-order valence-electron chi connectivity index (χ0n) is 18.0. The number of fused-ring (bicyclic) bond motifs is 1. The van der Waals surface area contributed by atoms with Crippen molar-refractivity contribution in [1.82, 2.24) is 10.2 Å². The summed E-state index contributed by atoms with van der Waals surface area (Å²) < 4.78 is 0. The standard InChI is InChI=1S/C23H30N4O3/c1-5-26(6-2)14-13-24-21(28)23(30)19-9-7-8-10-20(19)25-22(29)27(23)18-12-11-16(3)17(4)15-18/h7-12,15,30H,5-6,13-14H2,1-4H3,(H,24,28)(H,25,29)/t23-/m1/s1.